The first kappa shape index (κ1) is 18.6. The molecule has 2 atom stereocenters. The van der Waals surface area contributed by atoms with Crippen LogP contribution in [0.4, 0.5) is 4.39 Å². The number of rotatable bonds is 5. The summed E-state index contributed by atoms with van der Waals surface area (Å²) in [5.74, 6) is -0.485. The number of carbonyl (C=O) groups is 1. The second-order valence-electron chi connectivity index (χ2n) is 6.40. The van der Waals surface area contributed by atoms with Crippen molar-refractivity contribution >= 4 is 15.9 Å². The van der Waals surface area contributed by atoms with E-state index in [0.717, 1.165) is 12.1 Å². The van der Waals surface area contributed by atoms with Gasteiger partial charge in [0.1, 0.15) is 11.6 Å². The van der Waals surface area contributed by atoms with Crippen molar-refractivity contribution in [2.45, 2.75) is 30.7 Å². The number of piperidine rings is 1. The van der Waals surface area contributed by atoms with E-state index in [0.29, 0.717) is 25.1 Å². The molecule has 1 N–H and O–H groups in total. The van der Waals surface area contributed by atoms with E-state index >= 15 is 0 Å². The molecular weight excluding hydrogens is 359 g/mol. The minimum Gasteiger partial charge on any atom is -0.467 e. The Morgan fingerprint density at radius 2 is 2.04 bits per heavy atom. The summed E-state index contributed by atoms with van der Waals surface area (Å²) in [6.07, 6.45) is 2.75. The molecule has 1 aromatic carbocycles. The summed E-state index contributed by atoms with van der Waals surface area (Å²) >= 11 is 0. The van der Waals surface area contributed by atoms with Gasteiger partial charge in [0.15, 0.2) is 0 Å². The zero-order chi connectivity index (χ0) is 18.7. The van der Waals surface area contributed by atoms with E-state index in [1.54, 1.807) is 12.1 Å². The quantitative estimate of drug-likeness (QED) is 0.865. The Hall–Kier alpha value is -2.19. The van der Waals surface area contributed by atoms with Crippen molar-refractivity contribution in [2.75, 3.05) is 13.1 Å². The molecule has 0 unspecified atom stereocenters. The van der Waals surface area contributed by atoms with Crippen LogP contribution in [0.15, 0.2) is 52.0 Å². The van der Waals surface area contributed by atoms with Crippen molar-refractivity contribution < 1.29 is 22.0 Å². The molecule has 3 rings (SSSR count). The lowest BCUT2D eigenvalue weighted by Crippen LogP contribution is -2.45. The average molecular weight is 380 g/mol. The largest absolute Gasteiger partial charge is 0.467 e. The van der Waals surface area contributed by atoms with Gasteiger partial charge in [-0.1, -0.05) is 0 Å². The van der Waals surface area contributed by atoms with Crippen LogP contribution in [0.3, 0.4) is 0 Å². The number of hydrogen-bond donors (Lipinski definition) is 1. The fourth-order valence-corrected chi connectivity index (χ4v) is 4.59. The third-order valence-corrected chi connectivity index (χ3v) is 6.41. The van der Waals surface area contributed by atoms with Crippen LogP contribution in [-0.4, -0.2) is 31.7 Å². The van der Waals surface area contributed by atoms with Crippen molar-refractivity contribution in [3.8, 4) is 0 Å². The normalized spacial score (nSPS) is 19.8. The monoisotopic (exact) mass is 380 g/mol. The van der Waals surface area contributed by atoms with Crippen molar-refractivity contribution in [1.29, 1.82) is 0 Å². The van der Waals surface area contributed by atoms with E-state index in [1.165, 1.54) is 22.7 Å². The Balaban J connectivity index is 1.68. The molecule has 0 radical (unpaired) electrons. The number of nitrogens with zero attached hydrogens (tertiary/aromatic N) is 1. The summed E-state index contributed by atoms with van der Waals surface area (Å²) in [5, 5.41) is 2.87. The summed E-state index contributed by atoms with van der Waals surface area (Å²) in [7, 11) is -3.75. The van der Waals surface area contributed by atoms with Gasteiger partial charge in [0.05, 0.1) is 23.1 Å². The van der Waals surface area contributed by atoms with Crippen LogP contribution in [-0.2, 0) is 14.8 Å². The molecule has 140 valence electrons. The summed E-state index contributed by atoms with van der Waals surface area (Å²) < 4.78 is 45.1. The number of benzene rings is 1. The highest BCUT2D eigenvalue weighted by atomic mass is 32.2. The van der Waals surface area contributed by atoms with Gasteiger partial charge in [-0.2, -0.15) is 4.31 Å². The van der Waals surface area contributed by atoms with Crippen LogP contribution in [0, 0.1) is 11.7 Å². The highest BCUT2D eigenvalue weighted by molar-refractivity contribution is 7.89. The Bertz CT molecular complexity index is 850. The van der Waals surface area contributed by atoms with E-state index in [2.05, 4.69) is 5.32 Å². The van der Waals surface area contributed by atoms with Crippen LogP contribution in [0.1, 0.15) is 31.6 Å². The van der Waals surface area contributed by atoms with Gasteiger partial charge in [0, 0.05) is 13.1 Å². The Morgan fingerprint density at radius 3 is 2.69 bits per heavy atom. The first-order valence-corrected chi connectivity index (χ1v) is 9.91. The molecule has 1 aliphatic heterocycles. The van der Waals surface area contributed by atoms with Gasteiger partial charge in [-0.25, -0.2) is 12.8 Å². The minimum atomic E-state index is -3.75. The zero-order valence-electron chi connectivity index (χ0n) is 14.4. The molecule has 1 saturated heterocycles. The van der Waals surface area contributed by atoms with Gasteiger partial charge in [-0.05, 0) is 56.2 Å². The van der Waals surface area contributed by atoms with Crippen LogP contribution >= 0.6 is 0 Å². The lowest BCUT2D eigenvalue weighted by atomic mass is 9.98. The standard InChI is InChI=1S/C18H21FN2O4S/c1-13(17-5-3-11-25-17)20-18(22)14-4-2-10-21(12-14)26(23,24)16-8-6-15(19)7-9-16/h3,5-9,11,13-14H,2,4,10,12H2,1H3,(H,20,22)/t13-,14+/m1/s1. The summed E-state index contributed by atoms with van der Waals surface area (Å²) in [6, 6.07) is 7.95. The highest BCUT2D eigenvalue weighted by Gasteiger charge is 2.33. The predicted molar refractivity (Wildman–Crippen MR) is 93.1 cm³/mol. The van der Waals surface area contributed by atoms with Crippen molar-refractivity contribution in [3.63, 3.8) is 0 Å². The summed E-state index contributed by atoms with van der Waals surface area (Å²) in [5.41, 5.74) is 0. The highest BCUT2D eigenvalue weighted by Crippen LogP contribution is 2.25. The Kier molecular flexibility index (Phi) is 5.43. The van der Waals surface area contributed by atoms with E-state index in [9.17, 15) is 17.6 Å². The number of halogens is 1. The molecule has 6 nitrogen and oxygen atoms in total. The molecule has 1 aliphatic rings. The van der Waals surface area contributed by atoms with Gasteiger partial charge in [0.25, 0.3) is 0 Å². The average Bonchev–Trinajstić information content (AvgIpc) is 3.17. The third-order valence-electron chi connectivity index (χ3n) is 4.54. The fraction of sp³-hybridized carbons (Fsp3) is 0.389. The lowest BCUT2D eigenvalue weighted by molar-refractivity contribution is -0.126. The van der Waals surface area contributed by atoms with E-state index in [1.807, 2.05) is 6.92 Å². The maximum atomic E-state index is 13.1. The molecular formula is C18H21FN2O4S. The number of sulfonamides is 1. The first-order chi connectivity index (χ1) is 12.4. The lowest BCUT2D eigenvalue weighted by Gasteiger charge is -2.31. The zero-order valence-corrected chi connectivity index (χ0v) is 15.2. The van der Waals surface area contributed by atoms with Gasteiger partial charge in [-0.3, -0.25) is 4.79 Å². The molecule has 0 saturated carbocycles. The van der Waals surface area contributed by atoms with Gasteiger partial charge in [0.2, 0.25) is 15.9 Å². The topological polar surface area (TPSA) is 79.6 Å². The maximum Gasteiger partial charge on any atom is 0.243 e. The number of hydrogen-bond acceptors (Lipinski definition) is 4. The van der Waals surface area contributed by atoms with Gasteiger partial charge in [-0.15, -0.1) is 0 Å². The molecule has 1 amide bonds. The minimum absolute atomic E-state index is 0.0314. The molecule has 0 bridgehead atoms. The van der Waals surface area contributed by atoms with Gasteiger partial charge < -0.3 is 9.73 Å². The third kappa shape index (κ3) is 3.96. The summed E-state index contributed by atoms with van der Waals surface area (Å²) in [4.78, 5) is 12.6. The van der Waals surface area contributed by atoms with Crippen LogP contribution in [0.5, 0.6) is 0 Å². The second-order valence-corrected chi connectivity index (χ2v) is 8.34. The van der Waals surface area contributed by atoms with Crippen LogP contribution in [0.25, 0.3) is 0 Å². The second kappa shape index (κ2) is 7.59. The van der Waals surface area contributed by atoms with E-state index in [-0.39, 0.29) is 23.4 Å². The molecule has 2 aromatic rings. The van der Waals surface area contributed by atoms with Crippen LogP contribution in [0.2, 0.25) is 0 Å². The maximum absolute atomic E-state index is 13.1. The molecule has 26 heavy (non-hydrogen) atoms. The van der Waals surface area contributed by atoms with Crippen LogP contribution < -0.4 is 5.32 Å². The SMILES string of the molecule is C[C@@H](NC(=O)[C@H]1CCCN(S(=O)(=O)c2ccc(F)cc2)C1)c1ccco1. The number of amides is 1. The number of carbonyl (C=O) groups excluding carboxylic acids is 1. The number of nitrogens with one attached hydrogen (secondary N) is 1. The molecule has 2 heterocycles. The Morgan fingerprint density at radius 1 is 1.31 bits per heavy atom. The molecule has 1 fully saturated rings. The Labute approximate surface area is 152 Å². The number of furan rings is 1. The van der Waals surface area contributed by atoms with E-state index < -0.39 is 21.8 Å². The van der Waals surface area contributed by atoms with Crippen molar-refractivity contribution in [1.82, 2.24) is 9.62 Å². The molecule has 0 aliphatic carbocycles. The molecule has 1 aromatic heterocycles. The first-order valence-electron chi connectivity index (χ1n) is 8.47. The summed E-state index contributed by atoms with van der Waals surface area (Å²) in [6.45, 7) is 2.26. The van der Waals surface area contributed by atoms with Crippen molar-refractivity contribution in [2.24, 2.45) is 5.92 Å². The predicted octanol–water partition coefficient (Wildman–Crippen LogP) is 2.70. The smallest absolute Gasteiger partial charge is 0.243 e. The molecule has 0 spiro atoms. The molecule has 8 heteroatoms. The van der Waals surface area contributed by atoms with Crippen molar-refractivity contribution in [3.05, 3.63) is 54.2 Å². The fourth-order valence-electron chi connectivity index (χ4n) is 3.07. The van der Waals surface area contributed by atoms with E-state index in [4.69, 9.17) is 4.42 Å². The van der Waals surface area contributed by atoms with Gasteiger partial charge >= 0.3 is 0 Å².